The summed E-state index contributed by atoms with van der Waals surface area (Å²) in [5, 5.41) is 2.57. The summed E-state index contributed by atoms with van der Waals surface area (Å²) in [4.78, 5) is 22.8. The second-order valence-corrected chi connectivity index (χ2v) is 4.17. The lowest BCUT2D eigenvalue weighted by Crippen LogP contribution is -2.32. The Morgan fingerprint density at radius 2 is 1.76 bits per heavy atom. The van der Waals surface area contributed by atoms with E-state index in [2.05, 4.69) is 5.32 Å². The predicted octanol–water partition coefficient (Wildman–Crippen LogP) is 2.85. The SMILES string of the molecule is CC(=O)C(OC(=O)Nc1ccccc1)C(C)C. The Morgan fingerprint density at radius 1 is 1.18 bits per heavy atom. The molecule has 0 aromatic heterocycles. The lowest BCUT2D eigenvalue weighted by atomic mass is 10.0. The smallest absolute Gasteiger partial charge is 0.412 e. The molecule has 1 atom stereocenters. The molecule has 1 aromatic rings. The fraction of sp³-hybridized carbons (Fsp3) is 0.385. The molecule has 1 rings (SSSR count). The molecule has 1 amide bonds. The molecule has 0 saturated heterocycles. The van der Waals surface area contributed by atoms with Crippen LogP contribution in [-0.2, 0) is 9.53 Å². The van der Waals surface area contributed by atoms with E-state index in [9.17, 15) is 9.59 Å². The third kappa shape index (κ3) is 4.26. The van der Waals surface area contributed by atoms with E-state index < -0.39 is 12.2 Å². The Labute approximate surface area is 101 Å². The maximum absolute atomic E-state index is 11.5. The van der Waals surface area contributed by atoms with Crippen molar-refractivity contribution >= 4 is 17.6 Å². The van der Waals surface area contributed by atoms with Gasteiger partial charge in [-0.1, -0.05) is 32.0 Å². The van der Waals surface area contributed by atoms with Gasteiger partial charge in [-0.05, 0) is 25.0 Å². The number of nitrogens with one attached hydrogen (secondary N) is 1. The lowest BCUT2D eigenvalue weighted by molar-refractivity contribution is -0.126. The Kier molecular flexibility index (Phi) is 4.69. The fourth-order valence-electron chi connectivity index (χ4n) is 1.47. The number of hydrogen-bond acceptors (Lipinski definition) is 3. The maximum Gasteiger partial charge on any atom is 0.412 e. The van der Waals surface area contributed by atoms with Crippen molar-refractivity contribution in [1.82, 2.24) is 0 Å². The number of carbonyl (C=O) groups is 2. The first-order valence-electron chi connectivity index (χ1n) is 5.54. The van der Waals surface area contributed by atoms with Crippen LogP contribution in [0, 0.1) is 5.92 Å². The molecule has 92 valence electrons. The summed E-state index contributed by atoms with van der Waals surface area (Å²) >= 11 is 0. The van der Waals surface area contributed by atoms with Crippen LogP contribution in [0.4, 0.5) is 10.5 Å². The van der Waals surface area contributed by atoms with Crippen LogP contribution < -0.4 is 5.32 Å². The van der Waals surface area contributed by atoms with Crippen LogP contribution >= 0.6 is 0 Å². The highest BCUT2D eigenvalue weighted by atomic mass is 16.6. The van der Waals surface area contributed by atoms with Gasteiger partial charge in [-0.3, -0.25) is 10.1 Å². The predicted molar refractivity (Wildman–Crippen MR) is 65.9 cm³/mol. The highest BCUT2D eigenvalue weighted by Crippen LogP contribution is 2.11. The zero-order chi connectivity index (χ0) is 12.8. The highest BCUT2D eigenvalue weighted by molar-refractivity contribution is 5.88. The van der Waals surface area contributed by atoms with E-state index in [1.807, 2.05) is 19.9 Å². The molecule has 0 aliphatic carbocycles. The molecule has 0 heterocycles. The maximum atomic E-state index is 11.5. The summed E-state index contributed by atoms with van der Waals surface area (Å²) in [5.41, 5.74) is 0.642. The molecule has 0 radical (unpaired) electrons. The van der Waals surface area contributed by atoms with Gasteiger partial charge in [0.1, 0.15) is 0 Å². The van der Waals surface area contributed by atoms with Crippen LogP contribution in [-0.4, -0.2) is 18.0 Å². The van der Waals surface area contributed by atoms with Crippen molar-refractivity contribution in [2.24, 2.45) is 5.92 Å². The molecule has 4 heteroatoms. The van der Waals surface area contributed by atoms with E-state index in [0.717, 1.165) is 0 Å². The zero-order valence-corrected chi connectivity index (χ0v) is 10.3. The Bertz CT molecular complexity index is 387. The number of ether oxygens (including phenoxy) is 1. The molecule has 0 spiro atoms. The van der Waals surface area contributed by atoms with Crippen LogP contribution in [0.15, 0.2) is 30.3 Å². The van der Waals surface area contributed by atoms with E-state index in [1.165, 1.54) is 6.92 Å². The molecule has 0 aliphatic heterocycles. The number of benzene rings is 1. The Morgan fingerprint density at radius 3 is 2.24 bits per heavy atom. The summed E-state index contributed by atoms with van der Waals surface area (Å²) in [6.45, 7) is 5.09. The van der Waals surface area contributed by atoms with Gasteiger partial charge < -0.3 is 4.74 Å². The average molecular weight is 235 g/mol. The summed E-state index contributed by atoms with van der Waals surface area (Å²) in [7, 11) is 0. The topological polar surface area (TPSA) is 55.4 Å². The molecular weight excluding hydrogens is 218 g/mol. The van der Waals surface area contributed by atoms with Gasteiger partial charge in [0.05, 0.1) is 0 Å². The Hall–Kier alpha value is -1.84. The molecule has 17 heavy (non-hydrogen) atoms. The first-order chi connectivity index (χ1) is 8.00. The largest absolute Gasteiger partial charge is 0.438 e. The normalized spacial score (nSPS) is 12.0. The van der Waals surface area contributed by atoms with Gasteiger partial charge in [0.15, 0.2) is 11.9 Å². The van der Waals surface area contributed by atoms with Crippen molar-refractivity contribution in [3.63, 3.8) is 0 Å². The van der Waals surface area contributed by atoms with Crippen molar-refractivity contribution in [3.05, 3.63) is 30.3 Å². The molecule has 0 saturated carbocycles. The van der Waals surface area contributed by atoms with E-state index >= 15 is 0 Å². The standard InChI is InChI=1S/C13H17NO3/c1-9(2)12(10(3)15)17-13(16)14-11-7-5-4-6-8-11/h4-9,12H,1-3H3,(H,14,16). The van der Waals surface area contributed by atoms with E-state index in [-0.39, 0.29) is 11.7 Å². The quantitative estimate of drug-likeness (QED) is 0.873. The fourth-order valence-corrected chi connectivity index (χ4v) is 1.47. The minimum atomic E-state index is -0.696. The zero-order valence-electron chi connectivity index (χ0n) is 10.3. The number of hydrogen-bond donors (Lipinski definition) is 1. The van der Waals surface area contributed by atoms with Gasteiger partial charge in [0.2, 0.25) is 0 Å². The van der Waals surface area contributed by atoms with E-state index in [1.54, 1.807) is 24.3 Å². The van der Waals surface area contributed by atoms with Crippen LogP contribution in [0.5, 0.6) is 0 Å². The molecule has 1 N–H and O–H groups in total. The molecule has 1 aromatic carbocycles. The molecule has 0 fully saturated rings. The number of rotatable bonds is 4. The molecule has 1 unspecified atom stereocenters. The van der Waals surface area contributed by atoms with Crippen LogP contribution in [0.1, 0.15) is 20.8 Å². The van der Waals surface area contributed by atoms with Gasteiger partial charge in [0, 0.05) is 5.69 Å². The average Bonchev–Trinajstić information content (AvgIpc) is 2.26. The van der Waals surface area contributed by atoms with Gasteiger partial charge in [-0.15, -0.1) is 0 Å². The molecule has 0 aliphatic rings. The number of Topliss-reactive ketones (excluding diaryl/α,β-unsaturated/α-hetero) is 1. The second kappa shape index (κ2) is 6.03. The van der Waals surface area contributed by atoms with Crippen LogP contribution in [0.25, 0.3) is 0 Å². The summed E-state index contributed by atoms with van der Waals surface area (Å²) in [6, 6.07) is 8.96. The van der Waals surface area contributed by atoms with Gasteiger partial charge in [-0.25, -0.2) is 4.79 Å². The number of para-hydroxylation sites is 1. The number of carbonyl (C=O) groups excluding carboxylic acids is 2. The van der Waals surface area contributed by atoms with Gasteiger partial charge in [0.25, 0.3) is 0 Å². The van der Waals surface area contributed by atoms with Crippen LogP contribution in [0.2, 0.25) is 0 Å². The number of anilines is 1. The van der Waals surface area contributed by atoms with E-state index in [4.69, 9.17) is 4.74 Å². The van der Waals surface area contributed by atoms with Gasteiger partial charge >= 0.3 is 6.09 Å². The molecule has 0 bridgehead atoms. The third-order valence-electron chi connectivity index (χ3n) is 2.26. The summed E-state index contributed by atoms with van der Waals surface area (Å²) in [6.07, 6.45) is -1.30. The summed E-state index contributed by atoms with van der Waals surface area (Å²) < 4.78 is 5.08. The molecule has 4 nitrogen and oxygen atoms in total. The third-order valence-corrected chi connectivity index (χ3v) is 2.26. The van der Waals surface area contributed by atoms with E-state index in [0.29, 0.717) is 5.69 Å². The lowest BCUT2D eigenvalue weighted by Gasteiger charge is -2.18. The van der Waals surface area contributed by atoms with Crippen molar-refractivity contribution < 1.29 is 14.3 Å². The minimum absolute atomic E-state index is 0.0333. The van der Waals surface area contributed by atoms with Crippen molar-refractivity contribution in [1.29, 1.82) is 0 Å². The van der Waals surface area contributed by atoms with Gasteiger partial charge in [-0.2, -0.15) is 0 Å². The molecular formula is C13H17NO3. The van der Waals surface area contributed by atoms with Crippen molar-refractivity contribution in [3.8, 4) is 0 Å². The van der Waals surface area contributed by atoms with Crippen LogP contribution in [0.3, 0.4) is 0 Å². The second-order valence-electron chi connectivity index (χ2n) is 4.17. The highest BCUT2D eigenvalue weighted by Gasteiger charge is 2.22. The summed E-state index contributed by atoms with van der Waals surface area (Å²) in [5.74, 6) is -0.183. The monoisotopic (exact) mass is 235 g/mol. The van der Waals surface area contributed by atoms with Crippen molar-refractivity contribution in [2.75, 3.05) is 5.32 Å². The Balaban J connectivity index is 2.57. The first kappa shape index (κ1) is 13.2. The number of amides is 1. The minimum Gasteiger partial charge on any atom is -0.438 e. The number of ketones is 1. The first-order valence-corrected chi connectivity index (χ1v) is 5.54. The van der Waals surface area contributed by atoms with Crippen molar-refractivity contribution in [2.45, 2.75) is 26.9 Å².